The summed E-state index contributed by atoms with van der Waals surface area (Å²) in [4.78, 5) is 19.3. The van der Waals surface area contributed by atoms with Gasteiger partial charge in [0.1, 0.15) is 11.3 Å². The Kier molecular flexibility index (Phi) is 3.95. The first kappa shape index (κ1) is 14.9. The van der Waals surface area contributed by atoms with E-state index in [1.807, 2.05) is 23.1 Å². The molecule has 0 N–H and O–H groups in total. The molecule has 1 unspecified atom stereocenters. The molecule has 1 aliphatic carbocycles. The number of para-hydroxylation sites is 1. The van der Waals surface area contributed by atoms with Gasteiger partial charge in [-0.2, -0.15) is 0 Å². The van der Waals surface area contributed by atoms with Gasteiger partial charge in [-0.25, -0.2) is 4.98 Å². The number of methoxy groups -OCH3 is 1. The standard InChI is InChI=1S/C17H20N2O3S/c1-21-13-5-2-6-14-15(13)18-17(23-14)19(16(20)11-7-8-11)10-12-4-3-9-22-12/h2,5-6,11-12H,3-4,7-10H2,1H3. The van der Waals surface area contributed by atoms with Crippen molar-refractivity contribution in [1.29, 1.82) is 0 Å². The minimum atomic E-state index is 0.131. The molecule has 0 radical (unpaired) electrons. The number of carbonyl (C=O) groups excluding carboxylic acids is 1. The van der Waals surface area contributed by atoms with Crippen molar-refractivity contribution in [3.05, 3.63) is 18.2 Å². The Bertz CT molecular complexity index is 720. The molecule has 0 bridgehead atoms. The molecule has 1 aromatic carbocycles. The molecule has 1 atom stereocenters. The lowest BCUT2D eigenvalue weighted by atomic mass is 10.2. The van der Waals surface area contributed by atoms with Crippen LogP contribution in [0.15, 0.2) is 18.2 Å². The lowest BCUT2D eigenvalue weighted by molar-refractivity contribution is -0.120. The molecule has 5 nitrogen and oxygen atoms in total. The number of ether oxygens (including phenoxy) is 2. The lowest BCUT2D eigenvalue weighted by Crippen LogP contribution is -2.38. The average molecular weight is 332 g/mol. The van der Waals surface area contributed by atoms with E-state index < -0.39 is 0 Å². The summed E-state index contributed by atoms with van der Waals surface area (Å²) in [6.07, 6.45) is 4.21. The topological polar surface area (TPSA) is 51.7 Å². The normalized spacial score (nSPS) is 20.8. The minimum absolute atomic E-state index is 0.131. The van der Waals surface area contributed by atoms with Crippen LogP contribution in [0.3, 0.4) is 0 Å². The number of aromatic nitrogens is 1. The van der Waals surface area contributed by atoms with E-state index in [1.54, 1.807) is 18.4 Å². The van der Waals surface area contributed by atoms with Gasteiger partial charge in [-0.1, -0.05) is 17.4 Å². The fourth-order valence-corrected chi connectivity index (χ4v) is 3.99. The van der Waals surface area contributed by atoms with Crippen LogP contribution in [0.2, 0.25) is 0 Å². The van der Waals surface area contributed by atoms with Crippen molar-refractivity contribution in [2.24, 2.45) is 5.92 Å². The molecule has 1 saturated heterocycles. The highest BCUT2D eigenvalue weighted by atomic mass is 32.1. The van der Waals surface area contributed by atoms with Gasteiger partial charge in [0.2, 0.25) is 5.91 Å². The molecule has 6 heteroatoms. The zero-order valence-corrected chi connectivity index (χ0v) is 14.0. The zero-order valence-electron chi connectivity index (χ0n) is 13.2. The largest absolute Gasteiger partial charge is 0.494 e. The van der Waals surface area contributed by atoms with Gasteiger partial charge in [-0.15, -0.1) is 0 Å². The number of amides is 1. The third kappa shape index (κ3) is 2.93. The highest BCUT2D eigenvalue weighted by Gasteiger charge is 2.36. The third-order valence-corrected chi connectivity index (χ3v) is 5.47. The van der Waals surface area contributed by atoms with Crippen LogP contribution in [0.5, 0.6) is 5.75 Å². The first-order valence-corrected chi connectivity index (χ1v) is 8.94. The molecular formula is C17H20N2O3S. The summed E-state index contributed by atoms with van der Waals surface area (Å²) in [5.41, 5.74) is 0.830. The molecule has 1 aliphatic heterocycles. The van der Waals surface area contributed by atoms with Crippen molar-refractivity contribution in [1.82, 2.24) is 4.98 Å². The van der Waals surface area contributed by atoms with Crippen LogP contribution in [0.25, 0.3) is 10.2 Å². The summed E-state index contributed by atoms with van der Waals surface area (Å²) < 4.78 is 12.2. The number of rotatable bonds is 5. The SMILES string of the molecule is COc1cccc2sc(N(CC3CCCO3)C(=O)C3CC3)nc12. The van der Waals surface area contributed by atoms with E-state index in [2.05, 4.69) is 0 Å². The highest BCUT2D eigenvalue weighted by Crippen LogP contribution is 2.38. The molecule has 2 aromatic rings. The number of carbonyl (C=O) groups is 1. The van der Waals surface area contributed by atoms with Crippen LogP contribution in [-0.4, -0.2) is 37.3 Å². The van der Waals surface area contributed by atoms with Crippen LogP contribution in [0.4, 0.5) is 5.13 Å². The van der Waals surface area contributed by atoms with Crippen LogP contribution in [0.1, 0.15) is 25.7 Å². The van der Waals surface area contributed by atoms with E-state index in [-0.39, 0.29) is 17.9 Å². The van der Waals surface area contributed by atoms with E-state index >= 15 is 0 Å². The van der Waals surface area contributed by atoms with Crippen molar-refractivity contribution in [3.8, 4) is 5.75 Å². The van der Waals surface area contributed by atoms with Gasteiger partial charge in [0, 0.05) is 12.5 Å². The number of fused-ring (bicyclic) bond motifs is 1. The molecule has 4 rings (SSSR count). The molecule has 122 valence electrons. The van der Waals surface area contributed by atoms with E-state index in [0.717, 1.165) is 53.4 Å². The monoisotopic (exact) mass is 332 g/mol. The van der Waals surface area contributed by atoms with E-state index in [0.29, 0.717) is 6.54 Å². The Hall–Kier alpha value is -1.66. The van der Waals surface area contributed by atoms with Crippen molar-refractivity contribution in [2.45, 2.75) is 31.8 Å². The number of thiazole rings is 1. The molecule has 1 saturated carbocycles. The summed E-state index contributed by atoms with van der Waals surface area (Å²) in [5, 5.41) is 0.761. The molecule has 1 amide bonds. The number of benzene rings is 1. The summed E-state index contributed by atoms with van der Waals surface area (Å²) >= 11 is 1.55. The maximum atomic E-state index is 12.7. The predicted octanol–water partition coefficient (Wildman–Crippen LogP) is 3.23. The van der Waals surface area contributed by atoms with Gasteiger partial charge in [-0.05, 0) is 37.8 Å². The first-order chi connectivity index (χ1) is 11.3. The molecule has 2 fully saturated rings. The third-order valence-electron chi connectivity index (χ3n) is 4.42. The smallest absolute Gasteiger partial charge is 0.231 e. The van der Waals surface area contributed by atoms with Gasteiger partial charge in [0.25, 0.3) is 0 Å². The van der Waals surface area contributed by atoms with Gasteiger partial charge >= 0.3 is 0 Å². The van der Waals surface area contributed by atoms with E-state index in [4.69, 9.17) is 14.5 Å². The number of anilines is 1. The Morgan fingerprint density at radius 2 is 2.30 bits per heavy atom. The van der Waals surface area contributed by atoms with Crippen LogP contribution in [0, 0.1) is 5.92 Å². The van der Waals surface area contributed by atoms with Crippen LogP contribution < -0.4 is 9.64 Å². The Morgan fingerprint density at radius 3 is 3.00 bits per heavy atom. The van der Waals surface area contributed by atoms with Crippen molar-refractivity contribution in [2.75, 3.05) is 25.2 Å². The lowest BCUT2D eigenvalue weighted by Gasteiger charge is -2.23. The minimum Gasteiger partial charge on any atom is -0.494 e. The summed E-state index contributed by atoms with van der Waals surface area (Å²) in [6, 6.07) is 5.88. The maximum absolute atomic E-state index is 12.7. The Balaban J connectivity index is 1.68. The number of hydrogen-bond donors (Lipinski definition) is 0. The Labute approximate surface area is 139 Å². The predicted molar refractivity (Wildman–Crippen MR) is 90.2 cm³/mol. The summed E-state index contributed by atoms with van der Waals surface area (Å²) in [6.45, 7) is 1.40. The van der Waals surface area contributed by atoms with Gasteiger partial charge < -0.3 is 9.47 Å². The summed E-state index contributed by atoms with van der Waals surface area (Å²) in [7, 11) is 1.65. The molecular weight excluding hydrogens is 312 g/mol. The van der Waals surface area contributed by atoms with E-state index in [9.17, 15) is 4.79 Å². The van der Waals surface area contributed by atoms with Crippen LogP contribution in [-0.2, 0) is 9.53 Å². The number of nitrogens with zero attached hydrogens (tertiary/aromatic N) is 2. The van der Waals surface area contributed by atoms with Gasteiger partial charge in [0.15, 0.2) is 5.13 Å². The second-order valence-corrected chi connectivity index (χ2v) is 7.17. The second-order valence-electron chi connectivity index (χ2n) is 6.16. The zero-order chi connectivity index (χ0) is 15.8. The van der Waals surface area contributed by atoms with Crippen LogP contribution >= 0.6 is 11.3 Å². The molecule has 1 aromatic heterocycles. The van der Waals surface area contributed by atoms with Gasteiger partial charge in [-0.3, -0.25) is 9.69 Å². The summed E-state index contributed by atoms with van der Waals surface area (Å²) in [5.74, 6) is 1.12. The van der Waals surface area contributed by atoms with E-state index in [1.165, 1.54) is 0 Å². The first-order valence-electron chi connectivity index (χ1n) is 8.13. The van der Waals surface area contributed by atoms with Crippen molar-refractivity contribution >= 4 is 32.6 Å². The fourth-order valence-electron chi connectivity index (χ4n) is 3.00. The molecule has 0 spiro atoms. The quantitative estimate of drug-likeness (QED) is 0.843. The maximum Gasteiger partial charge on any atom is 0.231 e. The Morgan fingerprint density at radius 1 is 1.43 bits per heavy atom. The average Bonchev–Trinajstić information content (AvgIpc) is 3.12. The van der Waals surface area contributed by atoms with Crippen molar-refractivity contribution < 1.29 is 14.3 Å². The molecule has 2 heterocycles. The number of hydrogen-bond acceptors (Lipinski definition) is 5. The van der Waals surface area contributed by atoms with Gasteiger partial charge in [0.05, 0.1) is 24.5 Å². The second kappa shape index (κ2) is 6.09. The molecule has 2 aliphatic rings. The van der Waals surface area contributed by atoms with Crippen molar-refractivity contribution in [3.63, 3.8) is 0 Å². The molecule has 23 heavy (non-hydrogen) atoms. The fraction of sp³-hybridized carbons (Fsp3) is 0.529. The highest BCUT2D eigenvalue weighted by molar-refractivity contribution is 7.22.